The zero-order valence-electron chi connectivity index (χ0n) is 8.03. The minimum absolute atomic E-state index is 0.0673. The van der Waals surface area contributed by atoms with E-state index in [-0.39, 0.29) is 6.03 Å². The number of hydrogen-bond donors (Lipinski definition) is 1. The minimum atomic E-state index is -0.0673. The third-order valence-corrected chi connectivity index (χ3v) is 2.12. The fourth-order valence-corrected chi connectivity index (χ4v) is 1.41. The zero-order chi connectivity index (χ0) is 9.68. The highest BCUT2D eigenvalue weighted by atomic mass is 16.5. The zero-order valence-corrected chi connectivity index (χ0v) is 8.03. The van der Waals surface area contributed by atoms with Crippen molar-refractivity contribution in [1.82, 2.24) is 9.91 Å². The number of carbonyl (C=O) groups is 1. The van der Waals surface area contributed by atoms with Crippen molar-refractivity contribution in [2.45, 2.75) is 12.8 Å². The number of ether oxygens (including phenoxy) is 1. The summed E-state index contributed by atoms with van der Waals surface area (Å²) in [6, 6.07) is -0.0673. The van der Waals surface area contributed by atoms with Gasteiger partial charge in [0.05, 0.1) is 0 Å². The van der Waals surface area contributed by atoms with E-state index >= 15 is 0 Å². The molecule has 0 unspecified atom stereocenters. The Labute approximate surface area is 78.4 Å². The molecule has 13 heavy (non-hydrogen) atoms. The predicted molar refractivity (Wildman–Crippen MR) is 49.0 cm³/mol. The summed E-state index contributed by atoms with van der Waals surface area (Å²) in [5.41, 5.74) is 0. The van der Waals surface area contributed by atoms with Crippen LogP contribution < -0.4 is 5.84 Å². The number of nitrogens with zero attached hydrogens (tertiary/aromatic N) is 2. The van der Waals surface area contributed by atoms with Gasteiger partial charge in [0.1, 0.15) is 0 Å². The average Bonchev–Trinajstić information content (AvgIpc) is 2.13. The van der Waals surface area contributed by atoms with Crippen molar-refractivity contribution in [2.24, 2.45) is 5.84 Å². The molecule has 1 heterocycles. The molecule has 0 radical (unpaired) electrons. The quantitative estimate of drug-likeness (QED) is 0.383. The van der Waals surface area contributed by atoms with E-state index in [1.54, 1.807) is 12.0 Å². The van der Waals surface area contributed by atoms with Gasteiger partial charge in [-0.1, -0.05) is 0 Å². The Bertz CT molecular complexity index is 175. The van der Waals surface area contributed by atoms with Crippen molar-refractivity contribution in [1.29, 1.82) is 0 Å². The van der Waals surface area contributed by atoms with Crippen LogP contribution in [0.5, 0.6) is 0 Å². The number of amides is 2. The van der Waals surface area contributed by atoms with Gasteiger partial charge in [-0.15, -0.1) is 0 Å². The molecular weight excluding hydrogens is 170 g/mol. The molecule has 2 amide bonds. The summed E-state index contributed by atoms with van der Waals surface area (Å²) in [5, 5.41) is 1.27. The summed E-state index contributed by atoms with van der Waals surface area (Å²) in [7, 11) is 1.66. The first-order valence-corrected chi connectivity index (χ1v) is 4.56. The van der Waals surface area contributed by atoms with Crippen LogP contribution in [-0.4, -0.2) is 49.3 Å². The fourth-order valence-electron chi connectivity index (χ4n) is 1.41. The van der Waals surface area contributed by atoms with Crippen molar-refractivity contribution in [2.75, 3.05) is 33.4 Å². The molecule has 1 aliphatic rings. The van der Waals surface area contributed by atoms with E-state index < -0.39 is 0 Å². The van der Waals surface area contributed by atoms with Gasteiger partial charge in [-0.05, 0) is 12.8 Å². The molecule has 5 heteroatoms. The lowest BCUT2D eigenvalue weighted by Gasteiger charge is -2.32. The van der Waals surface area contributed by atoms with Gasteiger partial charge in [0, 0.05) is 33.4 Å². The first-order valence-electron chi connectivity index (χ1n) is 4.56. The smallest absolute Gasteiger partial charge is 0.334 e. The molecule has 0 spiro atoms. The van der Waals surface area contributed by atoms with Crippen LogP contribution in [0.3, 0.4) is 0 Å². The molecule has 0 bridgehead atoms. The first-order chi connectivity index (χ1) is 6.25. The van der Waals surface area contributed by atoms with Crippen LogP contribution in [-0.2, 0) is 4.74 Å². The molecule has 1 saturated heterocycles. The number of urea groups is 1. The molecule has 1 rings (SSSR count). The predicted octanol–water partition coefficient (Wildman–Crippen LogP) is 0.0243. The highest BCUT2D eigenvalue weighted by Gasteiger charge is 2.22. The van der Waals surface area contributed by atoms with Gasteiger partial charge in [0.25, 0.3) is 0 Å². The topological polar surface area (TPSA) is 58.8 Å². The summed E-state index contributed by atoms with van der Waals surface area (Å²) in [6.45, 7) is 2.91. The Morgan fingerprint density at radius 2 is 2.31 bits per heavy atom. The van der Waals surface area contributed by atoms with Crippen molar-refractivity contribution in [3.8, 4) is 0 Å². The second-order valence-electron chi connectivity index (χ2n) is 3.16. The van der Waals surface area contributed by atoms with Gasteiger partial charge in [0.2, 0.25) is 0 Å². The van der Waals surface area contributed by atoms with Crippen LogP contribution in [0.4, 0.5) is 4.79 Å². The molecule has 0 aromatic carbocycles. The molecule has 0 aromatic heterocycles. The SMILES string of the molecule is COCCCN1CCCN(N)C1=O. The third-order valence-electron chi connectivity index (χ3n) is 2.12. The summed E-state index contributed by atoms with van der Waals surface area (Å²) in [6.07, 6.45) is 1.82. The van der Waals surface area contributed by atoms with Gasteiger partial charge < -0.3 is 9.64 Å². The van der Waals surface area contributed by atoms with Crippen LogP contribution in [0.15, 0.2) is 0 Å². The minimum Gasteiger partial charge on any atom is -0.385 e. The van der Waals surface area contributed by atoms with Crippen molar-refractivity contribution in [3.63, 3.8) is 0 Å². The third kappa shape index (κ3) is 2.86. The van der Waals surface area contributed by atoms with Crippen LogP contribution in [0.25, 0.3) is 0 Å². The van der Waals surface area contributed by atoms with Crippen molar-refractivity contribution < 1.29 is 9.53 Å². The normalized spacial score (nSPS) is 18.2. The Kier molecular flexibility index (Phi) is 3.98. The molecule has 0 aliphatic carbocycles. The van der Waals surface area contributed by atoms with Crippen molar-refractivity contribution >= 4 is 6.03 Å². The lowest BCUT2D eigenvalue weighted by Crippen LogP contribution is -2.52. The van der Waals surface area contributed by atoms with Crippen LogP contribution in [0, 0.1) is 0 Å². The maximum Gasteiger partial charge on any atom is 0.334 e. The Hall–Kier alpha value is -0.810. The Morgan fingerprint density at radius 3 is 3.00 bits per heavy atom. The Morgan fingerprint density at radius 1 is 1.54 bits per heavy atom. The van der Waals surface area contributed by atoms with Crippen LogP contribution in [0.2, 0.25) is 0 Å². The first kappa shape index (κ1) is 10.3. The lowest BCUT2D eigenvalue weighted by atomic mass is 10.3. The summed E-state index contributed by atoms with van der Waals surface area (Å²) in [5.74, 6) is 5.48. The number of carbonyl (C=O) groups excluding carboxylic acids is 1. The molecule has 0 atom stereocenters. The maximum atomic E-state index is 11.4. The van der Waals surface area contributed by atoms with E-state index in [4.69, 9.17) is 10.6 Å². The molecule has 1 aliphatic heterocycles. The van der Waals surface area contributed by atoms with Gasteiger partial charge in [-0.25, -0.2) is 10.6 Å². The molecule has 5 nitrogen and oxygen atoms in total. The standard InChI is InChI=1S/C8H17N3O2/c1-13-7-3-5-10-4-2-6-11(9)8(10)12/h2-7,9H2,1H3. The second-order valence-corrected chi connectivity index (χ2v) is 3.16. The van der Waals surface area contributed by atoms with Gasteiger partial charge in [-0.3, -0.25) is 5.01 Å². The van der Waals surface area contributed by atoms with Gasteiger partial charge >= 0.3 is 6.03 Å². The largest absolute Gasteiger partial charge is 0.385 e. The number of rotatable bonds is 4. The molecule has 0 saturated carbocycles. The fraction of sp³-hybridized carbons (Fsp3) is 0.875. The highest BCUT2D eigenvalue weighted by Crippen LogP contribution is 2.05. The second kappa shape index (κ2) is 5.04. The highest BCUT2D eigenvalue weighted by molar-refractivity contribution is 5.74. The molecule has 0 aromatic rings. The number of hydrazine groups is 1. The van der Waals surface area contributed by atoms with Crippen molar-refractivity contribution in [3.05, 3.63) is 0 Å². The number of methoxy groups -OCH3 is 1. The van der Waals surface area contributed by atoms with E-state index in [1.165, 1.54) is 5.01 Å². The van der Waals surface area contributed by atoms with Crippen LogP contribution in [0.1, 0.15) is 12.8 Å². The van der Waals surface area contributed by atoms with E-state index in [0.717, 1.165) is 25.9 Å². The van der Waals surface area contributed by atoms with E-state index in [1.807, 2.05) is 0 Å². The van der Waals surface area contributed by atoms with E-state index in [0.29, 0.717) is 13.2 Å². The van der Waals surface area contributed by atoms with E-state index in [2.05, 4.69) is 0 Å². The Balaban J connectivity index is 2.27. The van der Waals surface area contributed by atoms with E-state index in [9.17, 15) is 4.79 Å². The molecule has 1 fully saturated rings. The number of hydrogen-bond acceptors (Lipinski definition) is 3. The lowest BCUT2D eigenvalue weighted by molar-refractivity contribution is 0.120. The summed E-state index contributed by atoms with van der Waals surface area (Å²) < 4.78 is 4.91. The van der Waals surface area contributed by atoms with Gasteiger partial charge in [0.15, 0.2) is 0 Å². The average molecular weight is 187 g/mol. The monoisotopic (exact) mass is 187 g/mol. The van der Waals surface area contributed by atoms with Crippen LogP contribution >= 0.6 is 0 Å². The molecule has 2 N–H and O–H groups in total. The number of nitrogens with two attached hydrogens (primary N) is 1. The summed E-state index contributed by atoms with van der Waals surface area (Å²) >= 11 is 0. The summed E-state index contributed by atoms with van der Waals surface area (Å²) in [4.78, 5) is 13.2. The molecular formula is C8H17N3O2. The maximum absolute atomic E-state index is 11.4. The molecule has 76 valence electrons. The van der Waals surface area contributed by atoms with Gasteiger partial charge in [-0.2, -0.15) is 0 Å².